The lowest BCUT2D eigenvalue weighted by molar-refractivity contribution is -0.129. The van der Waals surface area contributed by atoms with Crippen molar-refractivity contribution in [2.24, 2.45) is 10.1 Å². The molecule has 2 atom stereocenters. The summed E-state index contributed by atoms with van der Waals surface area (Å²) in [5, 5.41) is 23.6. The first-order valence-corrected chi connectivity index (χ1v) is 13.4. The summed E-state index contributed by atoms with van der Waals surface area (Å²) in [5.41, 5.74) is 14.3. The third-order valence-corrected chi connectivity index (χ3v) is 7.34. The third-order valence-electron chi connectivity index (χ3n) is 7.34. The van der Waals surface area contributed by atoms with Gasteiger partial charge in [-0.15, -0.1) is 0 Å². The average molecular weight is 537 g/mol. The minimum Gasteiger partial charge on any atom is -0.494 e. The second-order valence-electron chi connectivity index (χ2n) is 10.1. The van der Waals surface area contributed by atoms with E-state index in [4.69, 9.17) is 25.1 Å². The highest BCUT2D eigenvalue weighted by molar-refractivity contribution is 6.00. The zero-order valence-electron chi connectivity index (χ0n) is 22.2. The number of amides is 1. The molecule has 0 bridgehead atoms. The summed E-state index contributed by atoms with van der Waals surface area (Å²) < 4.78 is 11.8. The Hall–Kier alpha value is -3.63. The number of azide groups is 1. The molecule has 0 saturated heterocycles. The van der Waals surface area contributed by atoms with E-state index in [1.54, 1.807) is 49.4 Å². The Morgan fingerprint density at radius 1 is 1.21 bits per heavy atom. The van der Waals surface area contributed by atoms with Crippen molar-refractivity contribution in [1.29, 1.82) is 0 Å². The minimum atomic E-state index is -1.37. The Morgan fingerprint density at radius 2 is 1.95 bits per heavy atom. The van der Waals surface area contributed by atoms with Gasteiger partial charge >= 0.3 is 0 Å². The molecule has 4 N–H and O–H groups in total. The van der Waals surface area contributed by atoms with Crippen molar-refractivity contribution in [1.82, 2.24) is 10.9 Å². The van der Waals surface area contributed by atoms with Crippen LogP contribution in [0.25, 0.3) is 10.4 Å². The fourth-order valence-electron chi connectivity index (χ4n) is 5.02. The van der Waals surface area contributed by atoms with Crippen LogP contribution in [0.15, 0.2) is 58.6 Å². The van der Waals surface area contributed by atoms with Gasteiger partial charge < -0.3 is 19.7 Å². The lowest BCUT2D eigenvalue weighted by Gasteiger charge is -2.33. The molecular formula is C28H36N6O5. The van der Waals surface area contributed by atoms with Crippen LogP contribution in [0, 0.1) is 0 Å². The van der Waals surface area contributed by atoms with Crippen molar-refractivity contribution in [3.8, 4) is 5.75 Å². The van der Waals surface area contributed by atoms with Gasteiger partial charge in [-0.3, -0.25) is 10.2 Å². The summed E-state index contributed by atoms with van der Waals surface area (Å²) >= 11 is 0. The van der Waals surface area contributed by atoms with Gasteiger partial charge in [0.05, 0.1) is 12.2 Å². The molecule has 208 valence electrons. The molecule has 1 amide bonds. The Bertz CT molecular complexity index is 1210. The van der Waals surface area contributed by atoms with E-state index in [9.17, 15) is 9.90 Å². The van der Waals surface area contributed by atoms with Crippen LogP contribution in [0.4, 0.5) is 5.69 Å². The smallest absolute Gasteiger partial charge is 0.266 e. The molecule has 0 spiro atoms. The maximum Gasteiger partial charge on any atom is 0.266 e. The highest BCUT2D eigenvalue weighted by Crippen LogP contribution is 2.35. The Morgan fingerprint density at radius 3 is 2.67 bits per heavy atom. The average Bonchev–Trinajstić information content (AvgIpc) is 3.27. The van der Waals surface area contributed by atoms with E-state index in [1.165, 1.54) is 0 Å². The van der Waals surface area contributed by atoms with Crippen molar-refractivity contribution in [3.63, 3.8) is 0 Å². The van der Waals surface area contributed by atoms with E-state index in [2.05, 4.69) is 20.9 Å². The van der Waals surface area contributed by atoms with E-state index in [1.807, 2.05) is 6.07 Å². The lowest BCUT2D eigenvalue weighted by Crippen LogP contribution is -2.58. The second-order valence-corrected chi connectivity index (χ2v) is 10.1. The Kier molecular flexibility index (Phi) is 9.42. The zero-order valence-corrected chi connectivity index (χ0v) is 22.2. The molecule has 4 rings (SSSR count). The number of benzene rings is 2. The monoisotopic (exact) mass is 536 g/mol. The number of ether oxygens (including phenoxy) is 2. The fourth-order valence-corrected chi connectivity index (χ4v) is 5.02. The highest BCUT2D eigenvalue weighted by atomic mass is 16.5. The molecule has 0 radical (unpaired) electrons. The molecule has 2 aliphatic rings. The summed E-state index contributed by atoms with van der Waals surface area (Å²) in [6, 6.07) is 14.2. The number of carbonyl (C=O) groups is 1. The zero-order chi connectivity index (χ0) is 27.7. The largest absolute Gasteiger partial charge is 0.494 e. The van der Waals surface area contributed by atoms with Gasteiger partial charge in [-0.1, -0.05) is 48.6 Å². The number of hydrogen-bond acceptors (Lipinski definition) is 8. The Labute approximate surface area is 227 Å². The second kappa shape index (κ2) is 12.9. The molecule has 1 aliphatic heterocycles. The van der Waals surface area contributed by atoms with Crippen molar-refractivity contribution in [3.05, 3.63) is 70.1 Å². The molecule has 11 nitrogen and oxygen atoms in total. The molecule has 1 fully saturated rings. The molecule has 2 aromatic carbocycles. The first-order chi connectivity index (χ1) is 18.9. The van der Waals surface area contributed by atoms with Crippen LogP contribution in [0.1, 0.15) is 56.6 Å². The lowest BCUT2D eigenvalue weighted by atomic mass is 9.85. The van der Waals surface area contributed by atoms with E-state index in [0.717, 1.165) is 19.3 Å². The summed E-state index contributed by atoms with van der Waals surface area (Å²) in [4.78, 5) is 21.5. The number of rotatable bonds is 12. The first-order valence-electron chi connectivity index (χ1n) is 13.4. The SMILES string of the molecule is C[C@@H]1OC(c2ccc(OCCCO)cc2)=N[C@]1(Cc1ccccc1N=[N+]=[N-])C(=O)NNCC1(O)CCCCC1. The normalized spacial score (nSPS) is 21.8. The molecular weight excluding hydrogens is 500 g/mol. The van der Waals surface area contributed by atoms with Gasteiger partial charge in [0.15, 0.2) is 5.54 Å². The van der Waals surface area contributed by atoms with Crippen LogP contribution in [-0.2, 0) is 16.0 Å². The topological polar surface area (TPSA) is 161 Å². The summed E-state index contributed by atoms with van der Waals surface area (Å²) in [6.45, 7) is 2.48. The molecule has 1 heterocycles. The van der Waals surface area contributed by atoms with E-state index in [-0.39, 0.29) is 19.6 Å². The van der Waals surface area contributed by atoms with Gasteiger partial charge in [-0.05, 0) is 55.1 Å². The number of aliphatic hydroxyl groups excluding tert-OH is 1. The molecule has 1 aliphatic carbocycles. The van der Waals surface area contributed by atoms with Crippen molar-refractivity contribution >= 4 is 17.5 Å². The van der Waals surface area contributed by atoms with Crippen LogP contribution < -0.4 is 15.6 Å². The summed E-state index contributed by atoms with van der Waals surface area (Å²) in [7, 11) is 0. The molecule has 0 unspecified atom stereocenters. The van der Waals surface area contributed by atoms with Gasteiger partial charge in [0.1, 0.15) is 11.9 Å². The number of hydrogen-bond donors (Lipinski definition) is 4. The molecule has 39 heavy (non-hydrogen) atoms. The maximum atomic E-state index is 13.8. The minimum absolute atomic E-state index is 0.0573. The third kappa shape index (κ3) is 6.88. The van der Waals surface area contributed by atoms with Crippen LogP contribution in [0.3, 0.4) is 0 Å². The molecule has 0 aromatic heterocycles. The van der Waals surface area contributed by atoms with Gasteiger partial charge in [-0.25, -0.2) is 10.4 Å². The summed E-state index contributed by atoms with van der Waals surface area (Å²) in [5.74, 6) is 0.548. The number of aliphatic imine (C=N–C) groups is 1. The van der Waals surface area contributed by atoms with Gasteiger partial charge in [0.25, 0.3) is 5.91 Å². The predicted molar refractivity (Wildman–Crippen MR) is 147 cm³/mol. The van der Waals surface area contributed by atoms with E-state index in [0.29, 0.717) is 54.3 Å². The standard InChI is InChI=1S/C28H36N6O5/c1-20-28(18-22-8-3-4-9-24(22)32-34-29,26(36)33-30-19-27(37)14-5-2-6-15-27)31-25(39-20)21-10-12-23(13-11-21)38-17-7-16-35/h3-4,8-13,20,30,35,37H,2,5-7,14-19H2,1H3,(H,33,36)/t20-,28-/m0/s1. The van der Waals surface area contributed by atoms with Crippen molar-refractivity contribution in [2.45, 2.75) is 69.1 Å². The van der Waals surface area contributed by atoms with Crippen LogP contribution in [-0.4, -0.2) is 59.0 Å². The van der Waals surface area contributed by atoms with Crippen LogP contribution in [0.2, 0.25) is 0 Å². The van der Waals surface area contributed by atoms with Gasteiger partial charge in [0.2, 0.25) is 5.90 Å². The molecule has 11 heteroatoms. The summed E-state index contributed by atoms with van der Waals surface area (Å²) in [6.07, 6.45) is 4.40. The van der Waals surface area contributed by atoms with Gasteiger partial charge in [0, 0.05) is 42.2 Å². The number of hydrazine groups is 1. The first kappa shape index (κ1) is 28.4. The molecule has 1 saturated carbocycles. The number of carbonyl (C=O) groups excluding carboxylic acids is 1. The van der Waals surface area contributed by atoms with Crippen molar-refractivity contribution < 1.29 is 24.5 Å². The van der Waals surface area contributed by atoms with Crippen molar-refractivity contribution in [2.75, 3.05) is 19.8 Å². The number of nitrogens with zero attached hydrogens (tertiary/aromatic N) is 4. The maximum absolute atomic E-state index is 13.8. The van der Waals surface area contributed by atoms with Gasteiger partial charge in [-0.2, -0.15) is 0 Å². The Balaban J connectivity index is 1.59. The van der Waals surface area contributed by atoms with Crippen LogP contribution >= 0.6 is 0 Å². The van der Waals surface area contributed by atoms with E-state index < -0.39 is 23.2 Å². The predicted octanol–water partition coefficient (Wildman–Crippen LogP) is 3.85. The fraction of sp³-hybridized carbons (Fsp3) is 0.500. The molecule has 2 aromatic rings. The highest BCUT2D eigenvalue weighted by Gasteiger charge is 2.50. The van der Waals surface area contributed by atoms with Crippen LogP contribution in [0.5, 0.6) is 5.75 Å². The number of nitrogens with one attached hydrogen (secondary N) is 2. The quantitative estimate of drug-likeness (QED) is 0.106. The van der Waals surface area contributed by atoms with E-state index >= 15 is 0 Å². The number of aliphatic hydroxyl groups is 2.